The zero-order valence-corrected chi connectivity index (χ0v) is 27.9. The van der Waals surface area contributed by atoms with E-state index in [2.05, 4.69) is 27.1 Å². The monoisotopic (exact) mass is 789 g/mol. The van der Waals surface area contributed by atoms with Crippen LogP contribution >= 0.6 is 0 Å². The molecule has 0 atom stereocenters. The van der Waals surface area contributed by atoms with E-state index < -0.39 is 31.4 Å². The van der Waals surface area contributed by atoms with Gasteiger partial charge in [0.2, 0.25) is 5.71 Å². The van der Waals surface area contributed by atoms with E-state index in [-0.39, 0.29) is 42.6 Å². The van der Waals surface area contributed by atoms with Gasteiger partial charge in [0.15, 0.2) is 0 Å². The van der Waals surface area contributed by atoms with Gasteiger partial charge in [-0.1, -0.05) is 85.8 Å². The maximum Gasteiger partial charge on any atom is 0.216 e. The first-order chi connectivity index (χ1) is 25.3. The summed E-state index contributed by atoms with van der Waals surface area (Å²) in [5.41, 5.74) is 3.49. The van der Waals surface area contributed by atoms with Crippen molar-refractivity contribution in [3.63, 3.8) is 0 Å². The van der Waals surface area contributed by atoms with Gasteiger partial charge >= 0.3 is 0 Å². The minimum Gasteiger partial charge on any atom is -0.486 e. The van der Waals surface area contributed by atoms with Gasteiger partial charge in [-0.2, -0.15) is 0 Å². The number of hydrogen-bond acceptors (Lipinski definition) is 4. The largest absolute Gasteiger partial charge is 0.486 e. The summed E-state index contributed by atoms with van der Waals surface area (Å²) in [5, 5.41) is 1.38. The number of aryl methyl sites for hydroxylation is 3. The Kier molecular flexibility index (Phi) is 7.37. The molecular formula is C41H37IrN3O-2. The molecular weight excluding hydrogens is 743 g/mol. The molecule has 0 bridgehead atoms. The predicted molar refractivity (Wildman–Crippen MR) is 184 cm³/mol. The number of fused-ring (bicyclic) bond motifs is 3. The van der Waals surface area contributed by atoms with E-state index in [4.69, 9.17) is 16.8 Å². The number of furan rings is 1. The molecule has 1 radical (unpaired) electrons. The number of benzene rings is 3. The Morgan fingerprint density at radius 1 is 0.783 bits per heavy atom. The van der Waals surface area contributed by atoms with Gasteiger partial charge in [-0.3, -0.25) is 0 Å². The van der Waals surface area contributed by atoms with Gasteiger partial charge in [0, 0.05) is 55.9 Å². The molecule has 0 fully saturated rings. The Morgan fingerprint density at radius 2 is 1.63 bits per heavy atom. The van der Waals surface area contributed by atoms with Crippen LogP contribution in [0.1, 0.15) is 55.5 Å². The molecule has 5 heteroatoms. The SMILES string of the molecule is [2H]C([2H])([2H])c1ccc(-c2[c-]cccc2)nc1.[2H]C([2H])(c1ccnc(-c2[c-]ccc3c2oc2nc(C([2H])([2H])C([2H])([2H])c4ccccc4)ccc23)c1)C(C)(C)C.[Ir]. The third kappa shape index (κ3) is 8.23. The van der Waals surface area contributed by atoms with Crippen LogP contribution in [-0.2, 0) is 39.2 Å². The van der Waals surface area contributed by atoms with Crippen molar-refractivity contribution in [2.45, 2.75) is 46.7 Å². The van der Waals surface area contributed by atoms with Crippen LogP contribution in [0.4, 0.5) is 0 Å². The Balaban J connectivity index is 0.000000286. The predicted octanol–water partition coefficient (Wildman–Crippen LogP) is 10.1. The molecule has 0 aliphatic rings. The summed E-state index contributed by atoms with van der Waals surface area (Å²) < 4.78 is 79.6. The summed E-state index contributed by atoms with van der Waals surface area (Å²) in [6.45, 7) is 3.45. The van der Waals surface area contributed by atoms with Crippen molar-refractivity contribution in [1.29, 1.82) is 0 Å². The third-order valence-corrected chi connectivity index (χ3v) is 6.69. The molecule has 4 aromatic heterocycles. The zero-order valence-electron chi connectivity index (χ0n) is 34.6. The molecule has 0 aliphatic heterocycles. The van der Waals surface area contributed by atoms with Crippen LogP contribution in [0, 0.1) is 24.4 Å². The van der Waals surface area contributed by atoms with E-state index in [9.17, 15) is 0 Å². The fourth-order valence-electron chi connectivity index (χ4n) is 4.72. The van der Waals surface area contributed by atoms with Crippen LogP contribution in [0.15, 0.2) is 120 Å². The topological polar surface area (TPSA) is 51.8 Å². The first-order valence-corrected chi connectivity index (χ1v) is 14.5. The number of rotatable bonds is 6. The van der Waals surface area contributed by atoms with Gasteiger partial charge in [-0.15, -0.1) is 54.1 Å². The van der Waals surface area contributed by atoms with Crippen molar-refractivity contribution in [3.05, 3.63) is 150 Å². The zero-order chi connectivity index (χ0) is 39.1. The third-order valence-electron chi connectivity index (χ3n) is 6.69. The second kappa shape index (κ2) is 14.8. The van der Waals surface area contributed by atoms with Gasteiger partial charge < -0.3 is 14.4 Å². The summed E-state index contributed by atoms with van der Waals surface area (Å²) in [6, 6.07) is 35.3. The quantitative estimate of drug-likeness (QED) is 0.158. The Labute approximate surface area is 298 Å². The van der Waals surface area contributed by atoms with Gasteiger partial charge in [0.25, 0.3) is 0 Å². The van der Waals surface area contributed by atoms with Crippen molar-refractivity contribution in [1.82, 2.24) is 15.0 Å². The molecule has 46 heavy (non-hydrogen) atoms. The minimum atomic E-state index is -2.44. The normalized spacial score (nSPS) is 15.2. The van der Waals surface area contributed by atoms with Gasteiger partial charge in [0.05, 0.1) is 5.58 Å². The van der Waals surface area contributed by atoms with Gasteiger partial charge in [-0.25, -0.2) is 4.98 Å². The molecule has 0 N–H and O–H groups in total. The molecule has 3 aromatic carbocycles. The molecule has 0 spiro atoms. The minimum absolute atomic E-state index is 0. The standard InChI is InChI=1S/C29H27N2O.C12H10N.Ir/c1-29(2,3)19-21-16-17-30-26(18-21)25-11-7-10-23-24-15-14-22(31-28(24)32-27(23)25)13-12-20-8-5-4-6-9-20;1-10-7-8-12(13-9-10)11-5-3-2-4-6-11;/h4-10,14-18H,12-13,19H2,1-3H3;2-5,7-9H,1H3;/q2*-1;/i12D2,13D2,19D2;1D3;. The Bertz CT molecular complexity index is 2390. The number of hydrogen-bond donors (Lipinski definition) is 0. The van der Waals surface area contributed by atoms with E-state index >= 15 is 0 Å². The average molecular weight is 789 g/mol. The first-order valence-electron chi connectivity index (χ1n) is 19.0. The average Bonchev–Trinajstić information content (AvgIpc) is 3.53. The van der Waals surface area contributed by atoms with E-state index in [0.717, 1.165) is 16.6 Å². The molecule has 4 nitrogen and oxygen atoms in total. The fraction of sp³-hybridized carbons (Fsp3) is 0.195. The van der Waals surface area contributed by atoms with Gasteiger partial charge in [-0.05, 0) is 72.1 Å². The molecule has 0 saturated carbocycles. The Hall–Kier alpha value is -4.44. The van der Waals surface area contributed by atoms with Crippen LogP contribution < -0.4 is 0 Å². The summed E-state index contributed by atoms with van der Waals surface area (Å²) in [4.78, 5) is 13.0. The molecule has 0 saturated heterocycles. The van der Waals surface area contributed by atoms with Crippen molar-refractivity contribution < 1.29 is 36.9 Å². The number of pyridine rings is 3. The van der Waals surface area contributed by atoms with Gasteiger partial charge in [0.1, 0.15) is 0 Å². The summed E-state index contributed by atoms with van der Waals surface area (Å²) in [7, 11) is 0. The van der Waals surface area contributed by atoms with Crippen molar-refractivity contribution in [2.75, 3.05) is 0 Å². The van der Waals surface area contributed by atoms with Crippen LogP contribution in [0.2, 0.25) is 0 Å². The number of aromatic nitrogens is 3. The van der Waals surface area contributed by atoms with E-state index in [1.807, 2.05) is 45.0 Å². The molecule has 0 amide bonds. The summed E-state index contributed by atoms with van der Waals surface area (Å²) in [5.74, 6) is 0. The van der Waals surface area contributed by atoms with E-state index in [0.29, 0.717) is 27.8 Å². The smallest absolute Gasteiger partial charge is 0.216 e. The summed E-state index contributed by atoms with van der Waals surface area (Å²) in [6.07, 6.45) is -3.42. The van der Waals surface area contributed by atoms with Crippen molar-refractivity contribution in [3.8, 4) is 22.5 Å². The fourth-order valence-corrected chi connectivity index (χ4v) is 4.72. The molecule has 0 unspecified atom stereocenters. The molecule has 233 valence electrons. The molecule has 4 heterocycles. The van der Waals surface area contributed by atoms with Crippen LogP contribution in [0.3, 0.4) is 0 Å². The van der Waals surface area contributed by atoms with Crippen molar-refractivity contribution >= 4 is 22.1 Å². The van der Waals surface area contributed by atoms with Crippen LogP contribution in [-0.4, -0.2) is 15.0 Å². The van der Waals surface area contributed by atoms with Crippen LogP contribution in [0.25, 0.3) is 44.6 Å². The second-order valence-corrected chi connectivity index (χ2v) is 11.4. The van der Waals surface area contributed by atoms with E-state index in [1.165, 1.54) is 12.3 Å². The molecule has 7 aromatic rings. The van der Waals surface area contributed by atoms with Crippen molar-refractivity contribution in [2.24, 2.45) is 5.41 Å². The maximum atomic E-state index is 8.66. The first kappa shape index (κ1) is 23.0. The number of nitrogens with zero attached hydrogens (tertiary/aromatic N) is 3. The molecule has 0 aliphatic carbocycles. The Morgan fingerprint density at radius 3 is 2.37 bits per heavy atom. The summed E-state index contributed by atoms with van der Waals surface area (Å²) >= 11 is 0. The second-order valence-electron chi connectivity index (χ2n) is 11.4. The molecule has 7 rings (SSSR count). The van der Waals surface area contributed by atoms with Crippen LogP contribution in [0.5, 0.6) is 0 Å². The van der Waals surface area contributed by atoms with E-state index in [1.54, 1.807) is 79.0 Å². The maximum absolute atomic E-state index is 8.66.